The Morgan fingerprint density at radius 1 is 1.53 bits per heavy atom. The predicted molar refractivity (Wildman–Crippen MR) is 69.2 cm³/mol. The van der Waals surface area contributed by atoms with Crippen LogP contribution in [0.15, 0.2) is 10.0 Å². The maximum absolute atomic E-state index is 10.7. The molecule has 0 saturated heterocycles. The summed E-state index contributed by atoms with van der Waals surface area (Å²) in [5, 5.41) is 21.2. The molecule has 0 spiro atoms. The minimum atomic E-state index is -0.840. The fourth-order valence-electron chi connectivity index (χ4n) is 1.70. The van der Waals surface area contributed by atoms with Crippen LogP contribution in [0.1, 0.15) is 23.4 Å². The van der Waals surface area contributed by atoms with Crippen molar-refractivity contribution in [1.29, 1.82) is 0 Å². The number of hydrogen-bond acceptors (Lipinski definition) is 7. The quantitative estimate of drug-likeness (QED) is 0.860. The van der Waals surface area contributed by atoms with Gasteiger partial charge in [0.05, 0.1) is 18.7 Å². The third-order valence-electron chi connectivity index (χ3n) is 2.74. The van der Waals surface area contributed by atoms with E-state index < -0.39 is 5.97 Å². The number of anilines is 1. The summed E-state index contributed by atoms with van der Waals surface area (Å²) < 4.78 is 5.11. The number of nitrogens with zero attached hydrogens (tertiary/aromatic N) is 4. The molecule has 0 amide bonds. The Morgan fingerprint density at radius 2 is 2.32 bits per heavy atom. The van der Waals surface area contributed by atoms with E-state index in [-0.39, 0.29) is 6.42 Å². The van der Waals surface area contributed by atoms with Gasteiger partial charge in [0.25, 0.3) is 0 Å². The second-order valence-electron chi connectivity index (χ2n) is 4.09. The Kier molecular flexibility index (Phi) is 4.10. The Labute approximate surface area is 113 Å². The molecule has 0 bridgehead atoms. The third-order valence-corrected chi connectivity index (χ3v) is 3.50. The zero-order valence-corrected chi connectivity index (χ0v) is 11.5. The van der Waals surface area contributed by atoms with Crippen LogP contribution in [-0.2, 0) is 11.3 Å². The molecule has 2 aromatic heterocycles. The van der Waals surface area contributed by atoms with Gasteiger partial charge in [-0.3, -0.25) is 4.79 Å². The second kappa shape index (κ2) is 5.79. The van der Waals surface area contributed by atoms with Crippen molar-refractivity contribution in [3.63, 3.8) is 0 Å². The lowest BCUT2D eigenvalue weighted by molar-refractivity contribution is -0.136. The van der Waals surface area contributed by atoms with Gasteiger partial charge < -0.3 is 14.5 Å². The summed E-state index contributed by atoms with van der Waals surface area (Å²) >= 11 is 1.38. The summed E-state index contributed by atoms with van der Waals surface area (Å²) in [5.41, 5.74) is 3.39. The molecule has 2 aromatic rings. The maximum Gasteiger partial charge on any atom is 0.305 e. The number of carboxylic acids is 1. The minimum absolute atomic E-state index is 0.0446. The first-order chi connectivity index (χ1) is 9.08. The zero-order valence-electron chi connectivity index (χ0n) is 10.7. The van der Waals surface area contributed by atoms with Crippen molar-refractivity contribution >= 4 is 22.4 Å². The van der Waals surface area contributed by atoms with Gasteiger partial charge in [0.1, 0.15) is 11.3 Å². The molecule has 102 valence electrons. The van der Waals surface area contributed by atoms with E-state index in [1.807, 2.05) is 18.7 Å². The van der Waals surface area contributed by atoms with E-state index in [1.165, 1.54) is 11.3 Å². The SMILES string of the molecule is Cc1noc(C)c1CN(CCC(=O)O)c1nncs1. The summed E-state index contributed by atoms with van der Waals surface area (Å²) in [6, 6.07) is 0. The lowest BCUT2D eigenvalue weighted by Gasteiger charge is -2.20. The number of rotatable bonds is 6. The predicted octanol–water partition coefficient (Wildman–Crippen LogP) is 1.62. The molecule has 0 atom stereocenters. The van der Waals surface area contributed by atoms with Crippen LogP contribution in [-0.4, -0.2) is 33.0 Å². The van der Waals surface area contributed by atoms with Crippen LogP contribution in [0.3, 0.4) is 0 Å². The Morgan fingerprint density at radius 3 is 2.84 bits per heavy atom. The monoisotopic (exact) mass is 282 g/mol. The molecule has 2 heterocycles. The molecule has 8 heteroatoms. The van der Waals surface area contributed by atoms with Gasteiger partial charge in [0, 0.05) is 12.1 Å². The van der Waals surface area contributed by atoms with Gasteiger partial charge in [-0.05, 0) is 13.8 Å². The molecular weight excluding hydrogens is 268 g/mol. The van der Waals surface area contributed by atoms with Gasteiger partial charge in [-0.15, -0.1) is 10.2 Å². The highest BCUT2D eigenvalue weighted by molar-refractivity contribution is 7.13. The highest BCUT2D eigenvalue weighted by atomic mass is 32.1. The van der Waals surface area contributed by atoms with E-state index in [9.17, 15) is 4.79 Å². The Hall–Kier alpha value is -1.96. The van der Waals surface area contributed by atoms with Gasteiger partial charge in [-0.1, -0.05) is 16.5 Å². The molecule has 0 radical (unpaired) electrons. The van der Waals surface area contributed by atoms with Crippen LogP contribution in [0.2, 0.25) is 0 Å². The number of carbonyl (C=O) groups is 1. The molecule has 7 nitrogen and oxygen atoms in total. The van der Waals surface area contributed by atoms with Crippen LogP contribution in [0.25, 0.3) is 0 Å². The molecule has 0 aliphatic carbocycles. The van der Waals surface area contributed by atoms with E-state index in [1.54, 1.807) is 5.51 Å². The fraction of sp³-hybridized carbons (Fsp3) is 0.455. The van der Waals surface area contributed by atoms with Crippen molar-refractivity contribution in [1.82, 2.24) is 15.4 Å². The van der Waals surface area contributed by atoms with Crippen molar-refractivity contribution in [3.05, 3.63) is 22.5 Å². The number of carboxylic acid groups (broad SMARTS) is 1. The third kappa shape index (κ3) is 3.28. The first kappa shape index (κ1) is 13.5. The van der Waals surface area contributed by atoms with Crippen LogP contribution in [0.5, 0.6) is 0 Å². The number of aliphatic carboxylic acids is 1. The molecule has 1 N–H and O–H groups in total. The van der Waals surface area contributed by atoms with E-state index in [2.05, 4.69) is 15.4 Å². The van der Waals surface area contributed by atoms with Crippen LogP contribution in [0, 0.1) is 13.8 Å². The molecule has 0 aliphatic rings. The van der Waals surface area contributed by atoms with Crippen LogP contribution < -0.4 is 4.90 Å². The van der Waals surface area contributed by atoms with Gasteiger partial charge >= 0.3 is 5.97 Å². The zero-order chi connectivity index (χ0) is 13.8. The highest BCUT2D eigenvalue weighted by Gasteiger charge is 2.17. The lowest BCUT2D eigenvalue weighted by atomic mass is 10.2. The number of aryl methyl sites for hydroxylation is 2. The first-order valence-electron chi connectivity index (χ1n) is 5.72. The van der Waals surface area contributed by atoms with Crippen molar-refractivity contribution in [3.8, 4) is 0 Å². The highest BCUT2D eigenvalue weighted by Crippen LogP contribution is 2.22. The van der Waals surface area contributed by atoms with Crippen molar-refractivity contribution in [2.45, 2.75) is 26.8 Å². The summed E-state index contributed by atoms with van der Waals surface area (Å²) in [4.78, 5) is 12.6. The first-order valence-corrected chi connectivity index (χ1v) is 6.60. The largest absolute Gasteiger partial charge is 0.481 e. The smallest absolute Gasteiger partial charge is 0.305 e. The fourth-order valence-corrected chi connectivity index (χ4v) is 2.28. The average Bonchev–Trinajstić information content (AvgIpc) is 2.98. The average molecular weight is 282 g/mol. The van der Waals surface area contributed by atoms with Gasteiger partial charge in [-0.2, -0.15) is 0 Å². The maximum atomic E-state index is 10.7. The molecular formula is C11H14N4O3S. The topological polar surface area (TPSA) is 92.4 Å². The second-order valence-corrected chi connectivity index (χ2v) is 4.90. The van der Waals surface area contributed by atoms with E-state index >= 15 is 0 Å². The van der Waals surface area contributed by atoms with E-state index in [0.29, 0.717) is 18.2 Å². The normalized spacial score (nSPS) is 10.6. The molecule has 0 aromatic carbocycles. The summed E-state index contributed by atoms with van der Waals surface area (Å²) in [5.74, 6) is -0.101. The van der Waals surface area contributed by atoms with Gasteiger partial charge in [0.2, 0.25) is 5.13 Å². The molecule has 0 unspecified atom stereocenters. The van der Waals surface area contributed by atoms with Crippen molar-refractivity contribution in [2.75, 3.05) is 11.4 Å². The number of hydrogen-bond donors (Lipinski definition) is 1. The lowest BCUT2D eigenvalue weighted by Crippen LogP contribution is -2.26. The molecule has 0 fully saturated rings. The molecule has 2 rings (SSSR count). The summed E-state index contributed by atoms with van der Waals surface area (Å²) in [6.45, 7) is 4.59. The van der Waals surface area contributed by atoms with Crippen molar-refractivity contribution < 1.29 is 14.4 Å². The van der Waals surface area contributed by atoms with Crippen LogP contribution in [0.4, 0.5) is 5.13 Å². The van der Waals surface area contributed by atoms with Crippen LogP contribution >= 0.6 is 11.3 Å². The summed E-state index contributed by atoms with van der Waals surface area (Å²) in [6.07, 6.45) is 0.0446. The standard InChI is InChI=1S/C11H14N4O3S/c1-7-9(8(2)18-14-7)5-15(4-3-10(16)17)11-13-12-6-19-11/h6H,3-5H2,1-2H3,(H,16,17). The Balaban J connectivity index is 2.16. The molecule has 0 aliphatic heterocycles. The van der Waals surface area contributed by atoms with Crippen molar-refractivity contribution in [2.24, 2.45) is 0 Å². The number of aromatic nitrogens is 3. The Bertz CT molecular complexity index is 533. The minimum Gasteiger partial charge on any atom is -0.481 e. The van der Waals surface area contributed by atoms with Gasteiger partial charge in [0.15, 0.2) is 0 Å². The summed E-state index contributed by atoms with van der Waals surface area (Å²) in [7, 11) is 0. The van der Waals surface area contributed by atoms with E-state index in [0.717, 1.165) is 17.0 Å². The molecule has 0 saturated carbocycles. The van der Waals surface area contributed by atoms with Gasteiger partial charge in [-0.25, -0.2) is 0 Å². The molecule has 19 heavy (non-hydrogen) atoms. The van der Waals surface area contributed by atoms with E-state index in [4.69, 9.17) is 9.63 Å².